The average Bonchev–Trinajstić information content (AvgIpc) is 2.76. The molecule has 0 amide bonds. The van der Waals surface area contributed by atoms with Gasteiger partial charge in [0.05, 0.1) is 11.0 Å². The number of hydrogen-bond donors (Lipinski definition) is 5. The lowest BCUT2D eigenvalue weighted by molar-refractivity contribution is 1.11. The van der Waals surface area contributed by atoms with Crippen LogP contribution in [0.15, 0.2) is 73.2 Å². The second-order valence-electron chi connectivity index (χ2n) is 6.07. The minimum atomic E-state index is 0.393. The van der Waals surface area contributed by atoms with Crippen molar-refractivity contribution in [3.05, 3.63) is 84.3 Å². The highest BCUT2D eigenvalue weighted by Crippen LogP contribution is 2.20. The third-order valence-corrected chi connectivity index (χ3v) is 4.10. The van der Waals surface area contributed by atoms with Gasteiger partial charge < -0.3 is 27.5 Å². The molecule has 0 saturated heterocycles. The Hall–Kier alpha value is -4.20. The Bertz CT molecular complexity index is 1100. The summed E-state index contributed by atoms with van der Waals surface area (Å²) in [6, 6.07) is 9.24. The smallest absolute Gasteiger partial charge is 0.132 e. The topological polar surface area (TPSA) is 139 Å². The maximum Gasteiger partial charge on any atom is 0.132 e. The number of nitrogens with one attached hydrogen (secondary N) is 3. The van der Waals surface area contributed by atoms with Crippen molar-refractivity contribution in [2.45, 2.75) is 0 Å². The average molecular weight is 386 g/mol. The largest absolute Gasteiger partial charge is 0.404 e. The maximum absolute atomic E-state index is 7.56. The number of fused-ring (bicyclic) bond motifs is 1. The van der Waals surface area contributed by atoms with Crippen LogP contribution in [0.2, 0.25) is 0 Å². The molecule has 3 rings (SSSR count). The number of nitrogens with zero attached hydrogens (tertiary/aromatic N) is 3. The van der Waals surface area contributed by atoms with E-state index in [0.717, 1.165) is 22.2 Å². The molecule has 0 aliphatic heterocycles. The molecule has 0 bridgehead atoms. The van der Waals surface area contributed by atoms with E-state index >= 15 is 0 Å². The number of allylic oxidation sites excluding steroid dienone is 3. The monoisotopic (exact) mass is 386 g/mol. The van der Waals surface area contributed by atoms with Gasteiger partial charge >= 0.3 is 0 Å². The number of aromatic nitrogens is 3. The van der Waals surface area contributed by atoms with E-state index in [1.54, 1.807) is 44.0 Å². The van der Waals surface area contributed by atoms with Gasteiger partial charge in [-0.15, -0.1) is 0 Å². The zero-order chi connectivity index (χ0) is 20.6. The van der Waals surface area contributed by atoms with Crippen LogP contribution < -0.4 is 22.1 Å². The predicted octanol–water partition coefficient (Wildman–Crippen LogP) is 2.45. The van der Waals surface area contributed by atoms with E-state index in [9.17, 15) is 0 Å². The van der Waals surface area contributed by atoms with Gasteiger partial charge in [-0.2, -0.15) is 0 Å². The third-order valence-electron chi connectivity index (χ3n) is 4.10. The van der Waals surface area contributed by atoms with Gasteiger partial charge in [0.2, 0.25) is 0 Å². The molecular weight excluding hydrogens is 364 g/mol. The van der Waals surface area contributed by atoms with Crippen molar-refractivity contribution in [2.75, 3.05) is 12.4 Å². The lowest BCUT2D eigenvalue weighted by Gasteiger charge is -2.09. The van der Waals surface area contributed by atoms with Gasteiger partial charge in [0, 0.05) is 61.0 Å². The van der Waals surface area contributed by atoms with Crippen molar-refractivity contribution in [1.82, 2.24) is 20.3 Å². The molecule has 0 aliphatic rings. The summed E-state index contributed by atoms with van der Waals surface area (Å²) in [5, 5.41) is 13.6. The lowest BCUT2D eigenvalue weighted by atomic mass is 10.1. The van der Waals surface area contributed by atoms with Gasteiger partial charge in [-0.25, -0.2) is 4.98 Å². The summed E-state index contributed by atoms with van der Waals surface area (Å²) in [6.45, 7) is 0. The summed E-state index contributed by atoms with van der Waals surface area (Å²) < 4.78 is 0. The van der Waals surface area contributed by atoms with Crippen molar-refractivity contribution in [2.24, 2.45) is 11.5 Å². The number of nitrogens with two attached hydrogens (primary N) is 2. The van der Waals surface area contributed by atoms with Crippen molar-refractivity contribution in [1.29, 1.82) is 5.41 Å². The maximum atomic E-state index is 7.56. The normalized spacial score (nSPS) is 12.7. The number of hydrogen-bond acceptors (Lipinski definition) is 8. The summed E-state index contributed by atoms with van der Waals surface area (Å²) in [5.41, 5.74) is 16.5. The number of anilines is 1. The van der Waals surface area contributed by atoms with Crippen molar-refractivity contribution in [3.63, 3.8) is 0 Å². The van der Waals surface area contributed by atoms with Crippen molar-refractivity contribution >= 4 is 34.2 Å². The molecule has 3 heterocycles. The first-order valence-electron chi connectivity index (χ1n) is 8.86. The Kier molecular flexibility index (Phi) is 6.16. The molecular formula is C21H22N8. The Labute approximate surface area is 168 Å². The molecule has 0 aliphatic carbocycles. The summed E-state index contributed by atoms with van der Waals surface area (Å²) in [5.74, 6) is 0.968. The fourth-order valence-corrected chi connectivity index (χ4v) is 2.72. The van der Waals surface area contributed by atoms with Crippen LogP contribution in [0.4, 0.5) is 5.82 Å². The first kappa shape index (κ1) is 19.6. The molecule has 0 aromatic carbocycles. The zero-order valence-corrected chi connectivity index (χ0v) is 15.9. The predicted molar refractivity (Wildman–Crippen MR) is 118 cm³/mol. The van der Waals surface area contributed by atoms with Crippen LogP contribution in [0.5, 0.6) is 0 Å². The van der Waals surface area contributed by atoms with Gasteiger partial charge in [-0.1, -0.05) is 0 Å². The molecule has 0 atom stereocenters. The molecule has 7 N–H and O–H groups in total. The van der Waals surface area contributed by atoms with Crippen LogP contribution in [0.25, 0.3) is 22.2 Å². The highest BCUT2D eigenvalue weighted by Gasteiger charge is 2.05. The van der Waals surface area contributed by atoms with Gasteiger partial charge in [0.25, 0.3) is 0 Å². The Morgan fingerprint density at radius 1 is 1.07 bits per heavy atom. The number of rotatable bonds is 7. The summed E-state index contributed by atoms with van der Waals surface area (Å²) >= 11 is 0. The molecule has 8 nitrogen and oxygen atoms in total. The number of pyridine rings is 3. The minimum absolute atomic E-state index is 0.393. The van der Waals surface area contributed by atoms with Crippen LogP contribution in [-0.4, -0.2) is 28.2 Å². The van der Waals surface area contributed by atoms with Gasteiger partial charge in [-0.05, 0) is 42.0 Å². The molecule has 3 aromatic rings. The fourth-order valence-electron chi connectivity index (χ4n) is 2.72. The summed E-state index contributed by atoms with van der Waals surface area (Å²) in [7, 11) is 1.78. The van der Waals surface area contributed by atoms with Crippen LogP contribution in [0.1, 0.15) is 11.1 Å². The van der Waals surface area contributed by atoms with Crippen LogP contribution in [0.3, 0.4) is 0 Å². The standard InChI is InChI=1S/C21H22N8/c1-25-12-17(11-23)16-8-19-18(27-13-16)2-3-21(28-19)29-20(24)9-15(10-22)14-4-6-26-7-5-14/h2-13,23,25H,22,24H2,1H3,(H,28,29)/b15-10+,17-12+,20-9+,23-11?. The van der Waals surface area contributed by atoms with Crippen molar-refractivity contribution in [3.8, 4) is 0 Å². The van der Waals surface area contributed by atoms with Crippen molar-refractivity contribution < 1.29 is 0 Å². The highest BCUT2D eigenvalue weighted by molar-refractivity contribution is 6.08. The van der Waals surface area contributed by atoms with E-state index < -0.39 is 0 Å². The van der Waals surface area contributed by atoms with Gasteiger partial charge in [-0.3, -0.25) is 9.97 Å². The van der Waals surface area contributed by atoms with E-state index in [1.165, 1.54) is 12.4 Å². The Morgan fingerprint density at radius 3 is 2.55 bits per heavy atom. The molecule has 0 unspecified atom stereocenters. The Morgan fingerprint density at radius 2 is 1.86 bits per heavy atom. The van der Waals surface area contributed by atoms with Crippen LogP contribution in [0, 0.1) is 5.41 Å². The van der Waals surface area contributed by atoms with Gasteiger partial charge in [0.15, 0.2) is 0 Å². The summed E-state index contributed by atoms with van der Waals surface area (Å²) in [6.07, 6.45) is 11.3. The highest BCUT2D eigenvalue weighted by atomic mass is 15.1. The SMILES string of the molecule is CN/C=C(\C=N)c1cnc2ccc(N/C(N)=C/C(=C\N)c3ccncc3)nc2c1. The Balaban J connectivity index is 1.87. The van der Waals surface area contributed by atoms with E-state index in [-0.39, 0.29) is 0 Å². The van der Waals surface area contributed by atoms with Crippen LogP contribution >= 0.6 is 0 Å². The summed E-state index contributed by atoms with van der Waals surface area (Å²) in [4.78, 5) is 13.0. The van der Waals surface area contributed by atoms with E-state index in [2.05, 4.69) is 25.6 Å². The third kappa shape index (κ3) is 4.75. The minimum Gasteiger partial charge on any atom is -0.404 e. The van der Waals surface area contributed by atoms with Crippen LogP contribution in [-0.2, 0) is 0 Å². The first-order valence-corrected chi connectivity index (χ1v) is 8.86. The second kappa shape index (κ2) is 9.14. The van der Waals surface area contributed by atoms with Gasteiger partial charge in [0.1, 0.15) is 11.6 Å². The zero-order valence-electron chi connectivity index (χ0n) is 15.9. The second-order valence-corrected chi connectivity index (χ2v) is 6.07. The molecule has 0 fully saturated rings. The molecule has 0 spiro atoms. The molecule has 29 heavy (non-hydrogen) atoms. The fraction of sp³-hybridized carbons (Fsp3) is 0.0476. The van der Waals surface area contributed by atoms with E-state index in [4.69, 9.17) is 16.9 Å². The molecule has 0 saturated carbocycles. The lowest BCUT2D eigenvalue weighted by Crippen LogP contribution is -2.10. The van der Waals surface area contributed by atoms with E-state index in [1.807, 2.05) is 24.3 Å². The van der Waals surface area contributed by atoms with E-state index in [0.29, 0.717) is 22.7 Å². The molecule has 8 heteroatoms. The quantitative estimate of drug-likeness (QED) is 0.310. The molecule has 3 aromatic heterocycles. The molecule has 0 radical (unpaired) electrons. The first-order chi connectivity index (χ1) is 14.1. The molecule has 146 valence electrons.